The van der Waals surface area contributed by atoms with Crippen molar-refractivity contribution >= 4 is 16.3 Å². The number of hydrogen-bond donors (Lipinski definition) is 1. The third-order valence-corrected chi connectivity index (χ3v) is 2.96. The lowest BCUT2D eigenvalue weighted by atomic mass is 10.3. The predicted molar refractivity (Wildman–Crippen MR) is 55.6 cm³/mol. The molecule has 0 saturated heterocycles. The van der Waals surface area contributed by atoms with Crippen LogP contribution in [0.1, 0.15) is 17.3 Å². The van der Waals surface area contributed by atoms with E-state index in [1.54, 1.807) is 15.9 Å². The van der Waals surface area contributed by atoms with Crippen molar-refractivity contribution in [3.63, 3.8) is 0 Å². The van der Waals surface area contributed by atoms with Gasteiger partial charge in [0.2, 0.25) is 4.96 Å². The van der Waals surface area contributed by atoms with Crippen molar-refractivity contribution < 1.29 is 0 Å². The molecule has 5 nitrogen and oxygen atoms in total. The number of hydrogen-bond acceptors (Lipinski definition) is 5. The van der Waals surface area contributed by atoms with Crippen LogP contribution in [0.2, 0.25) is 0 Å². The standard InChI is InChI=1S/C8H13N5S/c1-6-10-11-8-13(6)12-7(14-8)4-3-5-9-2/h9H,3-5H2,1-2H3. The van der Waals surface area contributed by atoms with E-state index < -0.39 is 0 Å². The van der Waals surface area contributed by atoms with Crippen LogP contribution in [0.4, 0.5) is 0 Å². The molecule has 2 heterocycles. The average molecular weight is 211 g/mol. The topological polar surface area (TPSA) is 55.1 Å². The van der Waals surface area contributed by atoms with Gasteiger partial charge in [-0.05, 0) is 26.9 Å². The third kappa shape index (κ3) is 1.76. The first-order valence-electron chi connectivity index (χ1n) is 4.63. The Morgan fingerprint density at radius 1 is 1.43 bits per heavy atom. The summed E-state index contributed by atoms with van der Waals surface area (Å²) in [6.45, 7) is 2.94. The van der Waals surface area contributed by atoms with E-state index in [9.17, 15) is 0 Å². The molecule has 0 fully saturated rings. The Hall–Kier alpha value is -1.01. The minimum absolute atomic E-state index is 0.858. The largest absolute Gasteiger partial charge is 0.320 e. The quantitative estimate of drug-likeness (QED) is 0.754. The van der Waals surface area contributed by atoms with Crippen LogP contribution < -0.4 is 5.32 Å². The summed E-state index contributed by atoms with van der Waals surface area (Å²) in [6.07, 6.45) is 2.12. The fourth-order valence-corrected chi connectivity index (χ4v) is 2.19. The van der Waals surface area contributed by atoms with Gasteiger partial charge in [0.25, 0.3) is 0 Å². The van der Waals surface area contributed by atoms with Gasteiger partial charge in [0.05, 0.1) is 0 Å². The fourth-order valence-electron chi connectivity index (χ4n) is 1.27. The zero-order valence-corrected chi connectivity index (χ0v) is 9.13. The van der Waals surface area contributed by atoms with Gasteiger partial charge < -0.3 is 5.32 Å². The average Bonchev–Trinajstić information content (AvgIpc) is 2.70. The van der Waals surface area contributed by atoms with E-state index in [-0.39, 0.29) is 0 Å². The molecular formula is C8H13N5S. The van der Waals surface area contributed by atoms with Crippen LogP contribution in [0, 0.1) is 6.92 Å². The number of fused-ring (bicyclic) bond motifs is 1. The first kappa shape index (κ1) is 9.54. The maximum atomic E-state index is 4.43. The predicted octanol–water partition coefficient (Wildman–Crippen LogP) is 0.646. The molecular weight excluding hydrogens is 198 g/mol. The molecule has 0 aliphatic heterocycles. The molecule has 0 spiro atoms. The van der Waals surface area contributed by atoms with Crippen molar-refractivity contribution in [3.8, 4) is 0 Å². The summed E-state index contributed by atoms with van der Waals surface area (Å²) in [6, 6.07) is 0. The van der Waals surface area contributed by atoms with E-state index in [0.717, 1.165) is 35.2 Å². The number of aryl methyl sites for hydroxylation is 2. The lowest BCUT2D eigenvalue weighted by Gasteiger charge is -1.94. The molecule has 0 bridgehead atoms. The lowest BCUT2D eigenvalue weighted by molar-refractivity contribution is 0.712. The molecule has 0 saturated carbocycles. The minimum atomic E-state index is 0.858. The van der Waals surface area contributed by atoms with Crippen LogP contribution in [0.15, 0.2) is 0 Å². The van der Waals surface area contributed by atoms with E-state index in [1.807, 2.05) is 14.0 Å². The molecule has 0 radical (unpaired) electrons. The van der Waals surface area contributed by atoms with Gasteiger partial charge in [-0.3, -0.25) is 0 Å². The first-order chi connectivity index (χ1) is 6.81. The summed E-state index contributed by atoms with van der Waals surface area (Å²) in [5, 5.41) is 16.6. The molecule has 76 valence electrons. The molecule has 0 amide bonds. The maximum Gasteiger partial charge on any atom is 0.234 e. The second-order valence-corrected chi connectivity index (χ2v) is 4.19. The van der Waals surface area contributed by atoms with Gasteiger partial charge in [-0.25, -0.2) is 0 Å². The van der Waals surface area contributed by atoms with Gasteiger partial charge in [-0.2, -0.15) is 9.61 Å². The normalized spacial score (nSPS) is 11.3. The Bertz CT molecular complexity index is 418. The second-order valence-electron chi connectivity index (χ2n) is 3.14. The first-order valence-corrected chi connectivity index (χ1v) is 5.45. The van der Waals surface area contributed by atoms with Crippen LogP contribution in [0.5, 0.6) is 0 Å². The molecule has 0 aliphatic rings. The van der Waals surface area contributed by atoms with Gasteiger partial charge in [0, 0.05) is 6.42 Å². The van der Waals surface area contributed by atoms with Crippen molar-refractivity contribution in [2.24, 2.45) is 0 Å². The third-order valence-electron chi connectivity index (χ3n) is 2.01. The molecule has 2 aromatic heterocycles. The van der Waals surface area contributed by atoms with Crippen molar-refractivity contribution in [1.29, 1.82) is 0 Å². The number of nitrogens with one attached hydrogen (secondary N) is 1. The second kappa shape index (κ2) is 4.02. The highest BCUT2D eigenvalue weighted by molar-refractivity contribution is 7.16. The van der Waals surface area contributed by atoms with Gasteiger partial charge >= 0.3 is 0 Å². The summed E-state index contributed by atoms with van der Waals surface area (Å²) >= 11 is 1.62. The summed E-state index contributed by atoms with van der Waals surface area (Å²) in [7, 11) is 1.96. The molecule has 2 rings (SSSR count). The van der Waals surface area contributed by atoms with Crippen molar-refractivity contribution in [1.82, 2.24) is 25.1 Å². The van der Waals surface area contributed by atoms with E-state index >= 15 is 0 Å². The lowest BCUT2D eigenvalue weighted by Crippen LogP contribution is -2.08. The maximum absolute atomic E-state index is 4.43. The van der Waals surface area contributed by atoms with Crippen molar-refractivity contribution in [3.05, 3.63) is 10.8 Å². The van der Waals surface area contributed by atoms with Crippen LogP contribution in [0.3, 0.4) is 0 Å². The molecule has 0 unspecified atom stereocenters. The molecule has 14 heavy (non-hydrogen) atoms. The van der Waals surface area contributed by atoms with Crippen LogP contribution in [-0.2, 0) is 6.42 Å². The van der Waals surface area contributed by atoms with E-state index in [4.69, 9.17) is 0 Å². The van der Waals surface area contributed by atoms with Crippen LogP contribution >= 0.6 is 11.3 Å². The number of nitrogens with zero attached hydrogens (tertiary/aromatic N) is 4. The highest BCUT2D eigenvalue weighted by Crippen LogP contribution is 2.14. The molecule has 0 atom stereocenters. The number of rotatable bonds is 4. The summed E-state index contributed by atoms with van der Waals surface area (Å²) < 4.78 is 1.80. The molecule has 6 heteroatoms. The van der Waals surface area contributed by atoms with Gasteiger partial charge in [0.15, 0.2) is 5.82 Å². The number of aromatic nitrogens is 4. The van der Waals surface area contributed by atoms with Gasteiger partial charge in [-0.15, -0.1) is 10.2 Å². The minimum Gasteiger partial charge on any atom is -0.320 e. The van der Waals surface area contributed by atoms with Crippen LogP contribution in [0.25, 0.3) is 4.96 Å². The van der Waals surface area contributed by atoms with Gasteiger partial charge in [-0.1, -0.05) is 11.3 Å². The zero-order valence-electron chi connectivity index (χ0n) is 8.32. The highest BCUT2D eigenvalue weighted by atomic mass is 32.1. The monoisotopic (exact) mass is 211 g/mol. The zero-order chi connectivity index (χ0) is 9.97. The molecule has 2 aromatic rings. The van der Waals surface area contributed by atoms with Crippen molar-refractivity contribution in [2.75, 3.05) is 13.6 Å². The summed E-state index contributed by atoms with van der Waals surface area (Å²) in [5.41, 5.74) is 0. The van der Waals surface area contributed by atoms with E-state index in [0.29, 0.717) is 0 Å². The SMILES string of the molecule is CNCCCc1nn2c(C)nnc2s1. The summed E-state index contributed by atoms with van der Waals surface area (Å²) in [5.74, 6) is 0.858. The molecule has 0 aliphatic carbocycles. The molecule has 1 N–H and O–H groups in total. The van der Waals surface area contributed by atoms with Gasteiger partial charge in [0.1, 0.15) is 5.01 Å². The fraction of sp³-hybridized carbons (Fsp3) is 0.625. The van der Waals surface area contributed by atoms with Crippen molar-refractivity contribution in [2.45, 2.75) is 19.8 Å². The Labute approximate surface area is 86.2 Å². The van der Waals surface area contributed by atoms with E-state index in [1.165, 1.54) is 0 Å². The Morgan fingerprint density at radius 3 is 3.00 bits per heavy atom. The smallest absolute Gasteiger partial charge is 0.234 e. The van der Waals surface area contributed by atoms with E-state index in [2.05, 4.69) is 20.6 Å². The van der Waals surface area contributed by atoms with Crippen LogP contribution in [-0.4, -0.2) is 33.4 Å². The highest BCUT2D eigenvalue weighted by Gasteiger charge is 2.07. The Kier molecular flexibility index (Phi) is 2.74. The Balaban J connectivity index is 2.11. The summed E-state index contributed by atoms with van der Waals surface area (Å²) in [4.78, 5) is 0.891. The Morgan fingerprint density at radius 2 is 2.29 bits per heavy atom. The molecule has 0 aromatic carbocycles.